The Labute approximate surface area is 70.7 Å². The van der Waals surface area contributed by atoms with Crippen molar-refractivity contribution < 1.29 is 9.46 Å². The van der Waals surface area contributed by atoms with E-state index in [1.54, 1.807) is 24.3 Å². The normalized spacial score (nSPS) is 14.7. The number of benzene rings is 1. The number of nitriles is 1. The van der Waals surface area contributed by atoms with E-state index in [0.29, 0.717) is 5.56 Å². The molecule has 12 heavy (non-hydrogen) atoms. The molecule has 62 valence electrons. The van der Waals surface area contributed by atoms with Crippen LogP contribution in [0.1, 0.15) is 5.56 Å². The molecule has 1 atom stereocenters. The number of nitrogens with zero attached hydrogens (tertiary/aromatic N) is 1. The van der Waals surface area contributed by atoms with Gasteiger partial charge in [0.25, 0.3) is 0 Å². The summed E-state index contributed by atoms with van der Waals surface area (Å²) in [5, 5.41) is 8.29. The summed E-state index contributed by atoms with van der Waals surface area (Å²) in [5.41, 5.74) is 0.713. The molecule has 0 aliphatic heterocycles. The number of rotatable bonds is 2. The minimum absolute atomic E-state index is 0.0651. The first-order chi connectivity index (χ1) is 5.64. The van der Waals surface area contributed by atoms with Gasteiger partial charge < -0.3 is 4.89 Å². The van der Waals surface area contributed by atoms with Gasteiger partial charge in [-0.1, -0.05) is 30.3 Å². The highest BCUT2D eigenvalue weighted by Gasteiger charge is 2.16. The molecule has 3 nitrogen and oxygen atoms in total. The zero-order valence-corrected chi connectivity index (χ0v) is 7.24. The lowest BCUT2D eigenvalue weighted by Crippen LogP contribution is -1.84. The first kappa shape index (κ1) is 8.99. The number of hydrogen-bond donors (Lipinski definition) is 1. The summed E-state index contributed by atoms with van der Waals surface area (Å²) in [5.74, 6) is 1.40. The third-order valence-corrected chi connectivity index (χ3v) is 2.50. The summed E-state index contributed by atoms with van der Waals surface area (Å²) < 4.78 is 10.9. The lowest BCUT2D eigenvalue weighted by molar-refractivity contribution is 0.489. The molecule has 0 saturated heterocycles. The molecule has 0 aliphatic rings. The van der Waals surface area contributed by atoms with Crippen LogP contribution < -0.4 is 0 Å². The fourth-order valence-corrected chi connectivity index (χ4v) is 1.64. The van der Waals surface area contributed by atoms with E-state index in [1.165, 1.54) is 5.81 Å². The van der Waals surface area contributed by atoms with Crippen molar-refractivity contribution in [2.45, 2.75) is 6.16 Å². The van der Waals surface area contributed by atoms with E-state index < -0.39 is 7.37 Å². The van der Waals surface area contributed by atoms with Gasteiger partial charge in [-0.15, -0.1) is 0 Å². The molecule has 1 aromatic carbocycles. The molecule has 0 radical (unpaired) electrons. The second-order valence-corrected chi connectivity index (χ2v) is 4.36. The standard InChI is InChI=1S/C8H8NO2P/c9-7-12(10,11)6-8-4-2-1-3-5-8/h1-5H,6H2,(H,10,11). The Hall–Kier alpha value is -1.10. The first-order valence-electron chi connectivity index (χ1n) is 3.41. The van der Waals surface area contributed by atoms with Crippen molar-refractivity contribution in [1.29, 1.82) is 5.26 Å². The molecule has 0 heterocycles. The lowest BCUT2D eigenvalue weighted by atomic mass is 10.2. The molecule has 1 aromatic rings. The molecule has 1 unspecified atom stereocenters. The molecule has 0 bridgehead atoms. The van der Waals surface area contributed by atoms with E-state index in [0.717, 1.165) is 0 Å². The van der Waals surface area contributed by atoms with Crippen LogP contribution in [0.15, 0.2) is 30.3 Å². The average Bonchev–Trinajstić information content (AvgIpc) is 2.06. The molecule has 0 saturated carbocycles. The van der Waals surface area contributed by atoms with Crippen LogP contribution in [0, 0.1) is 11.1 Å². The van der Waals surface area contributed by atoms with Crippen LogP contribution in [0.3, 0.4) is 0 Å². The fourth-order valence-electron chi connectivity index (χ4n) is 0.866. The Morgan fingerprint density at radius 3 is 2.50 bits per heavy atom. The maximum absolute atomic E-state index is 10.9. The van der Waals surface area contributed by atoms with Gasteiger partial charge in [0.15, 0.2) is 5.81 Å². The van der Waals surface area contributed by atoms with Gasteiger partial charge in [-0.25, -0.2) is 0 Å². The third kappa shape index (κ3) is 2.50. The monoisotopic (exact) mass is 181 g/mol. The van der Waals surface area contributed by atoms with Gasteiger partial charge in [-0.3, -0.25) is 4.57 Å². The minimum atomic E-state index is -3.59. The van der Waals surface area contributed by atoms with Crippen LogP contribution in [0.25, 0.3) is 0 Å². The van der Waals surface area contributed by atoms with Crippen LogP contribution in [0.5, 0.6) is 0 Å². The lowest BCUT2D eigenvalue weighted by Gasteiger charge is -2.00. The van der Waals surface area contributed by atoms with E-state index >= 15 is 0 Å². The largest absolute Gasteiger partial charge is 0.334 e. The predicted molar refractivity (Wildman–Crippen MR) is 45.6 cm³/mol. The molecule has 1 N–H and O–H groups in total. The van der Waals surface area contributed by atoms with Crippen molar-refractivity contribution >= 4 is 7.37 Å². The summed E-state index contributed by atoms with van der Waals surface area (Å²) >= 11 is 0. The highest BCUT2D eigenvalue weighted by Crippen LogP contribution is 2.42. The second-order valence-electron chi connectivity index (χ2n) is 2.45. The zero-order chi connectivity index (χ0) is 9.03. The molecular weight excluding hydrogens is 173 g/mol. The molecule has 0 fully saturated rings. The van der Waals surface area contributed by atoms with Crippen LogP contribution in [-0.2, 0) is 10.7 Å². The van der Waals surface area contributed by atoms with Crippen LogP contribution in [0.2, 0.25) is 0 Å². The van der Waals surface area contributed by atoms with Crippen LogP contribution in [-0.4, -0.2) is 4.89 Å². The topological polar surface area (TPSA) is 61.1 Å². The Morgan fingerprint density at radius 2 is 2.00 bits per heavy atom. The quantitative estimate of drug-likeness (QED) is 0.709. The molecular formula is C8H8NO2P. The Balaban J connectivity index is 2.80. The maximum atomic E-state index is 10.9. The third-order valence-electron chi connectivity index (χ3n) is 1.40. The minimum Gasteiger partial charge on any atom is -0.334 e. The van der Waals surface area contributed by atoms with Crippen molar-refractivity contribution in [3.8, 4) is 5.81 Å². The van der Waals surface area contributed by atoms with E-state index in [4.69, 9.17) is 10.2 Å². The summed E-state index contributed by atoms with van der Waals surface area (Å²) in [6, 6.07) is 8.80. The first-order valence-corrected chi connectivity index (χ1v) is 5.26. The Bertz CT molecular complexity index is 342. The molecule has 1 rings (SSSR count). The van der Waals surface area contributed by atoms with Crippen molar-refractivity contribution in [2.75, 3.05) is 0 Å². The van der Waals surface area contributed by atoms with Crippen molar-refractivity contribution in [2.24, 2.45) is 0 Å². The summed E-state index contributed by atoms with van der Waals surface area (Å²) in [6.45, 7) is 0. The SMILES string of the molecule is N#CP(=O)(O)Cc1ccccc1. The van der Waals surface area contributed by atoms with Gasteiger partial charge in [-0.05, 0) is 5.56 Å². The fraction of sp³-hybridized carbons (Fsp3) is 0.125. The van der Waals surface area contributed by atoms with Gasteiger partial charge >= 0.3 is 7.37 Å². The van der Waals surface area contributed by atoms with Gasteiger partial charge in [0, 0.05) is 0 Å². The van der Waals surface area contributed by atoms with Crippen molar-refractivity contribution in [3.05, 3.63) is 35.9 Å². The van der Waals surface area contributed by atoms with E-state index in [2.05, 4.69) is 0 Å². The highest BCUT2D eigenvalue weighted by atomic mass is 31.2. The number of hydrogen-bond acceptors (Lipinski definition) is 2. The average molecular weight is 181 g/mol. The smallest absolute Gasteiger partial charge is 0.301 e. The molecule has 0 aromatic heterocycles. The predicted octanol–water partition coefficient (Wildman–Crippen LogP) is 1.94. The molecule has 0 aliphatic carbocycles. The van der Waals surface area contributed by atoms with Gasteiger partial charge in [-0.2, -0.15) is 5.26 Å². The van der Waals surface area contributed by atoms with Crippen molar-refractivity contribution in [3.63, 3.8) is 0 Å². The van der Waals surface area contributed by atoms with Crippen LogP contribution >= 0.6 is 7.37 Å². The maximum Gasteiger partial charge on any atom is 0.301 e. The summed E-state index contributed by atoms with van der Waals surface area (Å²) in [7, 11) is -3.59. The zero-order valence-electron chi connectivity index (χ0n) is 6.34. The van der Waals surface area contributed by atoms with E-state index in [9.17, 15) is 4.57 Å². The van der Waals surface area contributed by atoms with Gasteiger partial charge in [0.05, 0.1) is 6.16 Å². The van der Waals surface area contributed by atoms with Crippen molar-refractivity contribution in [1.82, 2.24) is 0 Å². The van der Waals surface area contributed by atoms with E-state index in [1.807, 2.05) is 6.07 Å². The Morgan fingerprint density at radius 1 is 1.42 bits per heavy atom. The second kappa shape index (κ2) is 3.53. The van der Waals surface area contributed by atoms with Crippen LogP contribution in [0.4, 0.5) is 0 Å². The van der Waals surface area contributed by atoms with E-state index in [-0.39, 0.29) is 6.16 Å². The summed E-state index contributed by atoms with van der Waals surface area (Å²) in [6.07, 6.45) is -0.0651. The highest BCUT2D eigenvalue weighted by molar-refractivity contribution is 7.62. The Kier molecular flexibility index (Phi) is 2.65. The van der Waals surface area contributed by atoms with Gasteiger partial charge in [0.2, 0.25) is 0 Å². The summed E-state index contributed by atoms with van der Waals surface area (Å²) in [4.78, 5) is 8.97. The molecule has 4 heteroatoms. The molecule has 0 amide bonds. The van der Waals surface area contributed by atoms with Gasteiger partial charge in [0.1, 0.15) is 0 Å². The molecule has 0 spiro atoms.